The molecule has 0 spiro atoms. The molecule has 0 heterocycles. The third-order valence-corrected chi connectivity index (χ3v) is 1.90. The number of rotatable bonds is 5. The second kappa shape index (κ2) is 8.43. The summed E-state index contributed by atoms with van der Waals surface area (Å²) in [7, 11) is -3.94. The van der Waals surface area contributed by atoms with Crippen LogP contribution in [0.1, 0.15) is 13.3 Å². The number of hydrogen-bond acceptors (Lipinski definition) is 4. The van der Waals surface area contributed by atoms with Gasteiger partial charge in [-0.2, -0.15) is 8.42 Å². The van der Waals surface area contributed by atoms with Gasteiger partial charge in [-0.1, -0.05) is 6.08 Å². The summed E-state index contributed by atoms with van der Waals surface area (Å²) in [5.41, 5.74) is 0. The monoisotopic (exact) mass is 232 g/mol. The van der Waals surface area contributed by atoms with Crippen LogP contribution in [0.3, 0.4) is 0 Å². The molecule has 0 saturated carbocycles. The zero-order valence-corrected chi connectivity index (χ0v) is 8.08. The first kappa shape index (κ1) is 16.5. The van der Waals surface area contributed by atoms with Crippen molar-refractivity contribution >= 4 is 45.6 Å². The maximum absolute atomic E-state index is 10.6. The third kappa shape index (κ3) is 12.1. The van der Waals surface area contributed by atoms with Gasteiger partial charge in [-0.25, -0.2) is 4.79 Å². The van der Waals surface area contributed by atoms with Gasteiger partial charge in [0.05, 0.1) is 12.4 Å². The van der Waals surface area contributed by atoms with E-state index in [4.69, 9.17) is 4.55 Å². The summed E-state index contributed by atoms with van der Waals surface area (Å²) in [5, 5.41) is 0. The van der Waals surface area contributed by atoms with Gasteiger partial charge in [0.25, 0.3) is 10.1 Å². The van der Waals surface area contributed by atoms with Gasteiger partial charge in [-0.3, -0.25) is 4.55 Å². The Hall–Kier alpha value is 0.120. The van der Waals surface area contributed by atoms with Crippen LogP contribution in [0.15, 0.2) is 12.2 Å². The van der Waals surface area contributed by atoms with Crippen LogP contribution >= 0.6 is 0 Å². The Balaban J connectivity index is 0. The summed E-state index contributed by atoms with van der Waals surface area (Å²) >= 11 is 0. The molecule has 14 heavy (non-hydrogen) atoms. The first-order chi connectivity index (χ1) is 5.95. The van der Waals surface area contributed by atoms with E-state index in [1.165, 1.54) is 12.2 Å². The molecule has 0 atom stereocenters. The number of allylic oxidation sites excluding steroid dienone is 1. The zero-order valence-electron chi connectivity index (χ0n) is 7.26. The van der Waals surface area contributed by atoms with Crippen molar-refractivity contribution in [2.24, 2.45) is 0 Å². The van der Waals surface area contributed by atoms with Crippen LogP contribution < -0.4 is 0 Å². The van der Waals surface area contributed by atoms with Crippen molar-refractivity contribution < 1.29 is 22.5 Å². The number of ether oxygens (including phenoxy) is 1. The second-order valence-electron chi connectivity index (χ2n) is 2.31. The SMILES string of the molecule is CC=CC(=O)OCCCS(=O)(=O)O.[NaH]. The Kier molecular flexibility index (Phi) is 9.96. The van der Waals surface area contributed by atoms with Crippen LogP contribution in [-0.2, 0) is 19.6 Å². The van der Waals surface area contributed by atoms with E-state index in [0.717, 1.165) is 0 Å². The van der Waals surface area contributed by atoms with Crippen LogP contribution in [0.2, 0.25) is 0 Å². The minimum absolute atomic E-state index is 0. The molecule has 0 unspecified atom stereocenters. The van der Waals surface area contributed by atoms with Crippen molar-refractivity contribution in [1.29, 1.82) is 0 Å². The standard InChI is InChI=1S/C7H12O5S.Na.H/c1-2-4-7(8)12-5-3-6-13(9,10)11;;/h2,4H,3,5-6H2,1H3,(H,9,10,11);;. The molecule has 0 amide bonds. The van der Waals surface area contributed by atoms with Crippen molar-refractivity contribution in [1.82, 2.24) is 0 Å². The average Bonchev–Trinajstić information content (AvgIpc) is 1.97. The molecule has 7 heteroatoms. The van der Waals surface area contributed by atoms with Crippen molar-refractivity contribution in [3.05, 3.63) is 12.2 Å². The van der Waals surface area contributed by atoms with E-state index in [0.29, 0.717) is 0 Å². The van der Waals surface area contributed by atoms with Crippen molar-refractivity contribution in [2.75, 3.05) is 12.4 Å². The first-order valence-electron chi connectivity index (χ1n) is 3.70. The molecule has 0 aliphatic heterocycles. The van der Waals surface area contributed by atoms with Crippen LogP contribution in [0.4, 0.5) is 0 Å². The Morgan fingerprint density at radius 2 is 2.07 bits per heavy atom. The Bertz CT molecular complexity index is 282. The van der Waals surface area contributed by atoms with E-state index < -0.39 is 21.8 Å². The van der Waals surface area contributed by atoms with Gasteiger partial charge >= 0.3 is 35.5 Å². The summed E-state index contributed by atoms with van der Waals surface area (Å²) in [6, 6.07) is 0. The van der Waals surface area contributed by atoms with E-state index in [-0.39, 0.29) is 42.6 Å². The number of esters is 1. The summed E-state index contributed by atoms with van der Waals surface area (Å²) in [4.78, 5) is 10.6. The molecule has 0 radical (unpaired) electrons. The topological polar surface area (TPSA) is 80.7 Å². The summed E-state index contributed by atoms with van der Waals surface area (Å²) < 4.78 is 33.3. The Morgan fingerprint density at radius 3 is 2.50 bits per heavy atom. The number of hydrogen-bond donors (Lipinski definition) is 1. The Morgan fingerprint density at radius 1 is 1.50 bits per heavy atom. The summed E-state index contributed by atoms with van der Waals surface area (Å²) in [6.45, 7) is 1.66. The van der Waals surface area contributed by atoms with Crippen molar-refractivity contribution in [2.45, 2.75) is 13.3 Å². The summed E-state index contributed by atoms with van der Waals surface area (Å²) in [5.74, 6) is -0.909. The van der Waals surface area contributed by atoms with Crippen LogP contribution in [-0.4, -0.2) is 60.9 Å². The molecule has 1 N–H and O–H groups in total. The molecule has 78 valence electrons. The molecule has 0 aliphatic rings. The normalized spacial score (nSPS) is 11.0. The molecule has 0 aliphatic carbocycles. The molecule has 0 saturated heterocycles. The molecule has 0 aromatic heterocycles. The average molecular weight is 232 g/mol. The van der Waals surface area contributed by atoms with Gasteiger partial charge in [0.1, 0.15) is 0 Å². The van der Waals surface area contributed by atoms with Crippen LogP contribution in [0, 0.1) is 0 Å². The van der Waals surface area contributed by atoms with E-state index in [1.54, 1.807) is 6.92 Å². The van der Waals surface area contributed by atoms with Gasteiger partial charge in [0.2, 0.25) is 0 Å². The molecular weight excluding hydrogens is 219 g/mol. The van der Waals surface area contributed by atoms with E-state index >= 15 is 0 Å². The van der Waals surface area contributed by atoms with E-state index in [2.05, 4.69) is 4.74 Å². The minimum atomic E-state index is -3.94. The fourth-order valence-electron chi connectivity index (χ4n) is 0.598. The molecule has 0 aromatic rings. The predicted molar refractivity (Wildman–Crippen MR) is 54.0 cm³/mol. The maximum atomic E-state index is 10.6. The molecule has 0 bridgehead atoms. The number of carbonyl (C=O) groups is 1. The van der Waals surface area contributed by atoms with Crippen molar-refractivity contribution in [3.8, 4) is 0 Å². The molecule has 0 fully saturated rings. The molecule has 5 nitrogen and oxygen atoms in total. The zero-order chi connectivity index (χ0) is 10.3. The van der Waals surface area contributed by atoms with Gasteiger partial charge in [-0.15, -0.1) is 0 Å². The first-order valence-corrected chi connectivity index (χ1v) is 5.31. The van der Waals surface area contributed by atoms with Gasteiger partial charge in [0.15, 0.2) is 0 Å². The second-order valence-corrected chi connectivity index (χ2v) is 3.88. The van der Waals surface area contributed by atoms with Gasteiger partial charge in [-0.05, 0) is 13.3 Å². The molecule has 0 aromatic carbocycles. The molecule has 0 rings (SSSR count). The quantitative estimate of drug-likeness (QED) is 0.232. The van der Waals surface area contributed by atoms with Crippen molar-refractivity contribution in [3.63, 3.8) is 0 Å². The fraction of sp³-hybridized carbons (Fsp3) is 0.571. The van der Waals surface area contributed by atoms with Gasteiger partial charge < -0.3 is 4.74 Å². The van der Waals surface area contributed by atoms with Crippen LogP contribution in [0.25, 0.3) is 0 Å². The summed E-state index contributed by atoms with van der Waals surface area (Å²) in [6.07, 6.45) is 2.85. The van der Waals surface area contributed by atoms with E-state index in [9.17, 15) is 13.2 Å². The number of carbonyl (C=O) groups excluding carboxylic acids is 1. The fourth-order valence-corrected chi connectivity index (χ4v) is 1.08. The third-order valence-electron chi connectivity index (χ3n) is 1.09. The molecular formula is C7H13NaO5S. The van der Waals surface area contributed by atoms with E-state index in [1.807, 2.05) is 0 Å². The predicted octanol–water partition coefficient (Wildman–Crippen LogP) is -0.265. The van der Waals surface area contributed by atoms with Gasteiger partial charge in [0, 0.05) is 6.08 Å². The van der Waals surface area contributed by atoms with Crippen LogP contribution in [0.5, 0.6) is 0 Å². The Labute approximate surface area is 106 Å².